The van der Waals surface area contributed by atoms with E-state index in [1.54, 1.807) is 0 Å². The van der Waals surface area contributed by atoms with E-state index in [-0.39, 0.29) is 43.6 Å². The number of hydroxylamine groups is 2. The standard InChI is InChI=1S/C47H56N4O10S2/c1-34-16-19-40-38(33-34)47(4,5)42(50(40)28-12-32-63(58,59)60)21-18-35(17-20-41-46(2,3)37-13-8-9-14-39(37)49(41)27-11-31-62(55,56)57)36-24-29-48(30-25-36)26-10-6-7-15-45(54)61-51-43(52)22-23-44(51)53/h8-9,13-14,16-21,24-25,29-30,33H,6-7,10-12,15,22-23,26-28,31-32H2,1-5H3/p+2. The van der Waals surface area contributed by atoms with Gasteiger partial charge in [-0.15, -0.1) is 5.06 Å². The van der Waals surface area contributed by atoms with Crippen LogP contribution in [0.15, 0.2) is 97.0 Å². The zero-order valence-corrected chi connectivity index (χ0v) is 38.3. The fourth-order valence-corrected chi connectivity index (χ4v) is 9.64. The maximum Gasteiger partial charge on any atom is 0.333 e. The Hall–Kier alpha value is -5.29. The molecule has 2 amide bonds. The molecular formula is C47H58N4O10S2+2. The zero-order valence-electron chi connectivity index (χ0n) is 36.6. The van der Waals surface area contributed by atoms with Crippen LogP contribution < -0.4 is 9.47 Å². The van der Waals surface area contributed by atoms with Crippen LogP contribution in [0, 0.1) is 6.92 Å². The van der Waals surface area contributed by atoms with Gasteiger partial charge in [0.2, 0.25) is 5.69 Å². The number of allylic oxidation sites excluding steroid dienone is 6. The lowest BCUT2D eigenvalue weighted by Gasteiger charge is -2.27. The second kappa shape index (κ2) is 19.2. The summed E-state index contributed by atoms with van der Waals surface area (Å²) < 4.78 is 70.1. The molecule has 3 aliphatic heterocycles. The highest BCUT2D eigenvalue weighted by atomic mass is 32.2. The maximum atomic E-state index is 12.2. The van der Waals surface area contributed by atoms with Crippen molar-refractivity contribution in [1.29, 1.82) is 0 Å². The van der Waals surface area contributed by atoms with Gasteiger partial charge in [-0.2, -0.15) is 21.4 Å². The second-order valence-electron chi connectivity index (χ2n) is 17.4. The van der Waals surface area contributed by atoms with Gasteiger partial charge in [0.05, 0.1) is 16.9 Å². The number of amides is 2. The third-order valence-electron chi connectivity index (χ3n) is 12.0. The van der Waals surface area contributed by atoms with Gasteiger partial charge in [-0.25, -0.2) is 9.36 Å². The Bertz CT molecular complexity index is 2590. The van der Waals surface area contributed by atoms with E-state index in [1.807, 2.05) is 55.7 Å². The first kappa shape index (κ1) is 47.2. The highest BCUT2D eigenvalue weighted by Crippen LogP contribution is 2.48. The number of imide groups is 1. The molecule has 1 fully saturated rings. The summed E-state index contributed by atoms with van der Waals surface area (Å²) in [6.07, 6.45) is 14.9. The van der Waals surface area contributed by atoms with Crippen molar-refractivity contribution in [3.63, 3.8) is 0 Å². The highest BCUT2D eigenvalue weighted by molar-refractivity contribution is 7.86. The van der Waals surface area contributed by atoms with Gasteiger partial charge in [-0.05, 0) is 75.0 Å². The summed E-state index contributed by atoms with van der Waals surface area (Å²) in [7, 11) is -8.30. The third kappa shape index (κ3) is 11.5. The Morgan fingerprint density at radius 3 is 2.16 bits per heavy atom. The molecule has 14 nitrogen and oxygen atoms in total. The SMILES string of the molecule is Cc1ccc2c(c1)C(C)(C)C(=CC=C(C=CC1=[N+](CCCS(=O)(=O)O)c3ccccc3C1(C)C)c1cc[n+](CCCCCC(=O)ON3C(=O)CCC3=O)cc1)N2CCCS(=O)(=O)O. The number of para-hydroxylation sites is 1. The summed E-state index contributed by atoms with van der Waals surface area (Å²) in [4.78, 5) is 42.9. The zero-order chi connectivity index (χ0) is 45.7. The summed E-state index contributed by atoms with van der Waals surface area (Å²) in [6, 6.07) is 18.3. The predicted octanol–water partition coefficient (Wildman–Crippen LogP) is 6.70. The van der Waals surface area contributed by atoms with Crippen LogP contribution in [0.25, 0.3) is 5.57 Å². The molecule has 0 saturated carbocycles. The Kier molecular flexibility index (Phi) is 14.4. The number of carbonyl (C=O) groups is 3. The number of fused-ring (bicyclic) bond motifs is 2. The van der Waals surface area contributed by atoms with Gasteiger partial charge in [0.15, 0.2) is 18.1 Å². The Morgan fingerprint density at radius 1 is 0.810 bits per heavy atom. The molecule has 336 valence electrons. The Morgan fingerprint density at radius 2 is 1.48 bits per heavy atom. The van der Waals surface area contributed by atoms with Crippen LogP contribution in [-0.4, -0.2) is 83.7 Å². The molecule has 1 aromatic heterocycles. The van der Waals surface area contributed by atoms with E-state index in [0.717, 1.165) is 63.5 Å². The molecule has 0 radical (unpaired) electrons. The van der Waals surface area contributed by atoms with Crippen LogP contribution in [0.1, 0.15) is 101 Å². The van der Waals surface area contributed by atoms with Gasteiger partial charge in [0.25, 0.3) is 32.1 Å². The first-order valence-electron chi connectivity index (χ1n) is 21.4. The van der Waals surface area contributed by atoms with Gasteiger partial charge in [-0.3, -0.25) is 18.7 Å². The number of hydrogen-bond donors (Lipinski definition) is 2. The first-order chi connectivity index (χ1) is 29.7. The monoisotopic (exact) mass is 902 g/mol. The molecule has 0 bridgehead atoms. The molecule has 2 aromatic carbocycles. The molecule has 6 rings (SSSR count). The van der Waals surface area contributed by atoms with Crippen molar-refractivity contribution in [2.24, 2.45) is 0 Å². The van der Waals surface area contributed by atoms with E-state index in [1.165, 1.54) is 0 Å². The lowest BCUT2D eigenvalue weighted by atomic mass is 9.81. The summed E-state index contributed by atoms with van der Waals surface area (Å²) in [5, 5.41) is 0.572. The Labute approximate surface area is 370 Å². The fourth-order valence-electron chi connectivity index (χ4n) is 8.65. The minimum Gasteiger partial charge on any atom is -0.344 e. The van der Waals surface area contributed by atoms with Crippen molar-refractivity contribution in [3.8, 4) is 0 Å². The molecule has 0 atom stereocenters. The smallest absolute Gasteiger partial charge is 0.333 e. The van der Waals surface area contributed by atoms with Crippen LogP contribution in [0.2, 0.25) is 0 Å². The van der Waals surface area contributed by atoms with Crippen LogP contribution in [-0.2, 0) is 56.8 Å². The number of benzene rings is 2. The van der Waals surface area contributed by atoms with Gasteiger partial charge >= 0.3 is 5.97 Å². The third-order valence-corrected chi connectivity index (χ3v) is 13.6. The van der Waals surface area contributed by atoms with Gasteiger partial charge in [0, 0.05) is 85.3 Å². The number of nitrogens with zero attached hydrogens (tertiary/aromatic N) is 4. The number of aryl methyl sites for hydroxylation is 2. The largest absolute Gasteiger partial charge is 0.344 e. The maximum absolute atomic E-state index is 12.2. The molecular weight excluding hydrogens is 845 g/mol. The number of aromatic nitrogens is 1. The quantitative estimate of drug-likeness (QED) is 0.0429. The minimum absolute atomic E-state index is 0.0494. The average Bonchev–Trinajstić information content (AvgIpc) is 3.72. The number of unbranched alkanes of at least 4 members (excludes halogenated alkanes) is 2. The highest BCUT2D eigenvalue weighted by Gasteiger charge is 2.44. The van der Waals surface area contributed by atoms with Crippen LogP contribution in [0.5, 0.6) is 0 Å². The molecule has 3 aliphatic rings. The lowest BCUT2D eigenvalue weighted by Crippen LogP contribution is -2.32. The topological polar surface area (TPSA) is 183 Å². The van der Waals surface area contributed by atoms with Crippen molar-refractivity contribution in [2.45, 2.75) is 103 Å². The second-order valence-corrected chi connectivity index (χ2v) is 20.6. The predicted molar refractivity (Wildman–Crippen MR) is 240 cm³/mol. The van der Waals surface area contributed by atoms with Gasteiger partial charge < -0.3 is 9.74 Å². The van der Waals surface area contributed by atoms with Crippen molar-refractivity contribution >= 4 is 60.7 Å². The number of anilines is 1. The number of carbonyl (C=O) groups excluding carboxylic acids is 3. The number of hydrogen-bond acceptors (Lipinski definition) is 9. The summed E-state index contributed by atoms with van der Waals surface area (Å²) in [5.74, 6) is -2.33. The fraction of sp³-hybridized carbons (Fsp3) is 0.426. The summed E-state index contributed by atoms with van der Waals surface area (Å²) in [6.45, 7) is 12.0. The normalized spacial score (nSPS) is 18.0. The van der Waals surface area contributed by atoms with Crippen LogP contribution >= 0.6 is 0 Å². The molecule has 0 aliphatic carbocycles. The molecule has 0 spiro atoms. The number of rotatable bonds is 19. The van der Waals surface area contributed by atoms with Crippen LogP contribution in [0.3, 0.4) is 0 Å². The van der Waals surface area contributed by atoms with E-state index >= 15 is 0 Å². The minimum atomic E-state index is -4.15. The lowest BCUT2D eigenvalue weighted by molar-refractivity contribution is -0.697. The number of pyridine rings is 1. The van der Waals surface area contributed by atoms with E-state index in [0.29, 0.717) is 31.1 Å². The molecule has 1 saturated heterocycles. The molecule has 3 aromatic rings. The Balaban J connectivity index is 1.30. The summed E-state index contributed by atoms with van der Waals surface area (Å²) >= 11 is 0. The van der Waals surface area contributed by atoms with Crippen molar-refractivity contribution in [1.82, 2.24) is 5.06 Å². The summed E-state index contributed by atoms with van der Waals surface area (Å²) in [5.41, 5.74) is 8.10. The van der Waals surface area contributed by atoms with E-state index in [4.69, 9.17) is 4.84 Å². The molecule has 4 heterocycles. The van der Waals surface area contributed by atoms with Crippen molar-refractivity contribution in [3.05, 3.63) is 119 Å². The van der Waals surface area contributed by atoms with E-state index < -0.39 is 48.8 Å². The van der Waals surface area contributed by atoms with Crippen LogP contribution in [0.4, 0.5) is 11.4 Å². The molecule has 16 heteroatoms. The molecule has 2 N–H and O–H groups in total. The van der Waals surface area contributed by atoms with Crippen molar-refractivity contribution < 1.29 is 54.3 Å². The molecule has 0 unspecified atom stereocenters. The van der Waals surface area contributed by atoms with E-state index in [9.17, 15) is 40.3 Å². The molecule has 63 heavy (non-hydrogen) atoms. The van der Waals surface area contributed by atoms with Gasteiger partial charge in [-0.1, -0.05) is 55.8 Å². The van der Waals surface area contributed by atoms with Crippen molar-refractivity contribution in [2.75, 3.05) is 29.5 Å². The van der Waals surface area contributed by atoms with Gasteiger partial charge in [0.1, 0.15) is 13.1 Å². The average molecular weight is 903 g/mol. The van der Waals surface area contributed by atoms with E-state index in [2.05, 4.69) is 84.2 Å². The first-order valence-corrected chi connectivity index (χ1v) is 24.6.